The number of nitrogens with zero attached hydrogens (tertiary/aromatic N) is 1. The van der Waals surface area contributed by atoms with Crippen LogP contribution in [-0.2, 0) is 14.3 Å². The molecule has 0 spiro atoms. The first-order valence-electron chi connectivity index (χ1n) is 3.16. The van der Waals surface area contributed by atoms with E-state index in [1.807, 2.05) is 0 Å². The standard InChI is InChI=1S/C8H9NO3/c1-6(2)8(11)12-4-7(3)9-5-10/h1,3-4H2,2H3. The van der Waals surface area contributed by atoms with Gasteiger partial charge in [-0.2, -0.15) is 4.99 Å². The van der Waals surface area contributed by atoms with Crippen molar-refractivity contribution in [1.82, 2.24) is 0 Å². The molecule has 0 saturated carbocycles. The normalized spacial score (nSPS) is 8.08. The zero-order valence-electron chi connectivity index (χ0n) is 6.79. The Kier molecular flexibility index (Phi) is 4.34. The molecule has 0 rings (SSSR count). The minimum absolute atomic E-state index is 0.110. The molecule has 12 heavy (non-hydrogen) atoms. The first-order chi connectivity index (χ1) is 5.57. The van der Waals surface area contributed by atoms with Gasteiger partial charge < -0.3 is 4.74 Å². The summed E-state index contributed by atoms with van der Waals surface area (Å²) in [4.78, 5) is 23.6. The molecule has 0 bridgehead atoms. The summed E-state index contributed by atoms with van der Waals surface area (Å²) < 4.78 is 4.61. The highest BCUT2D eigenvalue weighted by Crippen LogP contribution is 1.96. The number of carbonyl (C=O) groups excluding carboxylic acids is 2. The van der Waals surface area contributed by atoms with Crippen molar-refractivity contribution in [3.8, 4) is 0 Å². The number of rotatable bonds is 4. The molecule has 0 heterocycles. The van der Waals surface area contributed by atoms with Crippen molar-refractivity contribution in [3.05, 3.63) is 24.4 Å². The second-order valence-corrected chi connectivity index (χ2v) is 2.13. The zero-order chi connectivity index (χ0) is 9.56. The van der Waals surface area contributed by atoms with E-state index < -0.39 is 5.97 Å². The van der Waals surface area contributed by atoms with E-state index in [1.54, 1.807) is 0 Å². The van der Waals surface area contributed by atoms with Gasteiger partial charge in [0, 0.05) is 5.57 Å². The summed E-state index contributed by atoms with van der Waals surface area (Å²) in [5.41, 5.74) is 0.442. The molecule has 0 N–H and O–H groups in total. The fourth-order valence-electron chi connectivity index (χ4n) is 0.369. The van der Waals surface area contributed by atoms with E-state index >= 15 is 0 Å². The van der Waals surface area contributed by atoms with E-state index in [-0.39, 0.29) is 17.9 Å². The lowest BCUT2D eigenvalue weighted by Crippen LogP contribution is -2.06. The van der Waals surface area contributed by atoms with Gasteiger partial charge in [0.05, 0.1) is 5.70 Å². The average Bonchev–Trinajstić information content (AvgIpc) is 2.00. The van der Waals surface area contributed by atoms with Gasteiger partial charge in [0.25, 0.3) is 0 Å². The molecule has 0 saturated heterocycles. The molecule has 4 heteroatoms. The molecule has 64 valence electrons. The van der Waals surface area contributed by atoms with Gasteiger partial charge in [0.15, 0.2) is 0 Å². The maximum Gasteiger partial charge on any atom is 0.333 e. The van der Waals surface area contributed by atoms with E-state index in [1.165, 1.54) is 13.0 Å². The molecule has 0 aromatic rings. The number of hydrogen-bond acceptors (Lipinski definition) is 4. The zero-order valence-corrected chi connectivity index (χ0v) is 6.79. The largest absolute Gasteiger partial charge is 0.456 e. The lowest BCUT2D eigenvalue weighted by atomic mass is 10.4. The average molecular weight is 167 g/mol. The molecule has 0 unspecified atom stereocenters. The van der Waals surface area contributed by atoms with Crippen molar-refractivity contribution in [1.29, 1.82) is 0 Å². The highest BCUT2D eigenvalue weighted by molar-refractivity contribution is 5.87. The van der Waals surface area contributed by atoms with Crippen LogP contribution in [0.3, 0.4) is 0 Å². The SMILES string of the molecule is C=C(COC(=O)C(=C)C)N=C=O. The Morgan fingerprint density at radius 2 is 2.17 bits per heavy atom. The Morgan fingerprint density at radius 3 is 2.58 bits per heavy atom. The maximum absolute atomic E-state index is 10.7. The van der Waals surface area contributed by atoms with E-state index in [0.29, 0.717) is 0 Å². The second-order valence-electron chi connectivity index (χ2n) is 2.13. The highest BCUT2D eigenvalue weighted by atomic mass is 16.5. The Morgan fingerprint density at radius 1 is 1.58 bits per heavy atom. The van der Waals surface area contributed by atoms with Crippen molar-refractivity contribution in [2.75, 3.05) is 6.61 Å². The van der Waals surface area contributed by atoms with Gasteiger partial charge in [0.1, 0.15) is 6.61 Å². The van der Waals surface area contributed by atoms with Gasteiger partial charge in [-0.25, -0.2) is 9.59 Å². The Labute approximate surface area is 70.2 Å². The van der Waals surface area contributed by atoms with Crippen LogP contribution < -0.4 is 0 Å². The smallest absolute Gasteiger partial charge is 0.333 e. The third-order valence-corrected chi connectivity index (χ3v) is 0.922. The third-order valence-electron chi connectivity index (χ3n) is 0.922. The summed E-state index contributed by atoms with van der Waals surface area (Å²) in [6.07, 6.45) is 1.28. The van der Waals surface area contributed by atoms with Crippen LogP contribution >= 0.6 is 0 Å². The van der Waals surface area contributed by atoms with Crippen LogP contribution in [0.2, 0.25) is 0 Å². The van der Waals surface area contributed by atoms with Crippen LogP contribution in [0.1, 0.15) is 6.92 Å². The lowest BCUT2D eigenvalue weighted by molar-refractivity contribution is -0.137. The van der Waals surface area contributed by atoms with Gasteiger partial charge in [-0.05, 0) is 6.92 Å². The summed E-state index contributed by atoms with van der Waals surface area (Å²) in [6.45, 7) is 8.12. The highest BCUT2D eigenvalue weighted by Gasteiger charge is 2.02. The molecule has 0 atom stereocenters. The van der Waals surface area contributed by atoms with E-state index in [2.05, 4.69) is 22.9 Å². The van der Waals surface area contributed by atoms with Gasteiger partial charge >= 0.3 is 5.97 Å². The van der Waals surface area contributed by atoms with E-state index in [9.17, 15) is 9.59 Å². The number of isocyanates is 1. The predicted octanol–water partition coefficient (Wildman–Crippen LogP) is 0.955. The van der Waals surface area contributed by atoms with Crippen molar-refractivity contribution in [2.45, 2.75) is 6.92 Å². The van der Waals surface area contributed by atoms with Gasteiger partial charge in [-0.15, -0.1) is 0 Å². The van der Waals surface area contributed by atoms with Gasteiger partial charge in [-0.3, -0.25) is 0 Å². The topological polar surface area (TPSA) is 55.7 Å². The van der Waals surface area contributed by atoms with Crippen molar-refractivity contribution >= 4 is 12.0 Å². The fraction of sp³-hybridized carbons (Fsp3) is 0.250. The summed E-state index contributed by atoms with van der Waals surface area (Å²) >= 11 is 0. The van der Waals surface area contributed by atoms with Gasteiger partial charge in [0.2, 0.25) is 6.08 Å². The van der Waals surface area contributed by atoms with Crippen LogP contribution in [0.15, 0.2) is 29.4 Å². The maximum atomic E-state index is 10.7. The molecular formula is C8H9NO3. The molecule has 0 aliphatic heterocycles. The van der Waals surface area contributed by atoms with Crippen LogP contribution in [0.25, 0.3) is 0 Å². The molecule has 4 nitrogen and oxygen atoms in total. The second kappa shape index (κ2) is 5.04. The molecule has 0 amide bonds. The van der Waals surface area contributed by atoms with Crippen molar-refractivity contribution in [2.24, 2.45) is 4.99 Å². The molecule has 0 aromatic carbocycles. The number of aliphatic imine (C=N–C) groups is 1. The van der Waals surface area contributed by atoms with E-state index in [4.69, 9.17) is 0 Å². The summed E-state index contributed by atoms with van der Waals surface area (Å²) in [5.74, 6) is -0.530. The monoisotopic (exact) mass is 167 g/mol. The van der Waals surface area contributed by atoms with E-state index in [0.717, 1.165) is 0 Å². The summed E-state index contributed by atoms with van der Waals surface area (Å²) in [6, 6.07) is 0. The molecule has 0 aromatic heterocycles. The molecule has 0 aliphatic carbocycles. The van der Waals surface area contributed by atoms with Crippen molar-refractivity contribution < 1.29 is 14.3 Å². The molecule has 0 radical (unpaired) electrons. The quantitative estimate of drug-likeness (QED) is 0.271. The Balaban J connectivity index is 3.84. The first-order valence-corrected chi connectivity index (χ1v) is 3.16. The fourth-order valence-corrected chi connectivity index (χ4v) is 0.369. The predicted molar refractivity (Wildman–Crippen MR) is 43.0 cm³/mol. The van der Waals surface area contributed by atoms with Crippen LogP contribution in [0, 0.1) is 0 Å². The Hall–Kier alpha value is -1.67. The third kappa shape index (κ3) is 4.19. The number of carbonyl (C=O) groups is 1. The molecule has 0 fully saturated rings. The van der Waals surface area contributed by atoms with Crippen LogP contribution in [0.4, 0.5) is 0 Å². The minimum Gasteiger partial charge on any atom is -0.456 e. The number of esters is 1. The minimum atomic E-state index is -0.530. The Bertz CT molecular complexity index is 247. The lowest BCUT2D eigenvalue weighted by Gasteiger charge is -2.01. The number of hydrogen-bond donors (Lipinski definition) is 0. The molecule has 0 aliphatic rings. The van der Waals surface area contributed by atoms with Crippen LogP contribution in [0.5, 0.6) is 0 Å². The van der Waals surface area contributed by atoms with Crippen LogP contribution in [-0.4, -0.2) is 18.7 Å². The molecular weight excluding hydrogens is 158 g/mol. The summed E-state index contributed by atoms with van der Waals surface area (Å²) in [7, 11) is 0. The first kappa shape index (κ1) is 10.3. The summed E-state index contributed by atoms with van der Waals surface area (Å²) in [5, 5.41) is 0. The number of ether oxygens (including phenoxy) is 1. The van der Waals surface area contributed by atoms with Gasteiger partial charge in [-0.1, -0.05) is 13.2 Å². The van der Waals surface area contributed by atoms with Crippen molar-refractivity contribution in [3.63, 3.8) is 0 Å².